The monoisotopic (exact) mass is 303 g/mol. The molecule has 0 radical (unpaired) electrons. The highest BCUT2D eigenvalue weighted by Gasteiger charge is 2.33. The number of carbonyl (C=O) groups excluding carboxylic acids is 1. The van der Waals surface area contributed by atoms with Crippen LogP contribution >= 0.6 is 0 Å². The van der Waals surface area contributed by atoms with Crippen molar-refractivity contribution in [3.05, 3.63) is 18.2 Å². The average molecular weight is 303 g/mol. The minimum atomic E-state index is 0.148. The van der Waals surface area contributed by atoms with Gasteiger partial charge in [-0.1, -0.05) is 13.8 Å². The van der Waals surface area contributed by atoms with Crippen LogP contribution in [0.25, 0.3) is 0 Å². The number of rotatable bonds is 4. The number of piperidine rings is 1. The Hall–Kier alpha value is -1.32. The number of imidazole rings is 1. The summed E-state index contributed by atoms with van der Waals surface area (Å²) in [6.45, 7) is 6.45. The highest BCUT2D eigenvalue weighted by Crippen LogP contribution is 2.28. The normalized spacial score (nSPS) is 25.3. The van der Waals surface area contributed by atoms with E-state index >= 15 is 0 Å². The van der Waals surface area contributed by atoms with E-state index in [1.54, 1.807) is 0 Å². The second kappa shape index (κ2) is 6.84. The average Bonchev–Trinajstić information content (AvgIpc) is 3.00. The van der Waals surface area contributed by atoms with Crippen molar-refractivity contribution in [3.8, 4) is 0 Å². The van der Waals surface area contributed by atoms with Gasteiger partial charge in [-0.25, -0.2) is 4.98 Å². The maximum atomic E-state index is 13.0. The van der Waals surface area contributed by atoms with Crippen LogP contribution in [0.1, 0.15) is 58.2 Å². The van der Waals surface area contributed by atoms with Gasteiger partial charge in [-0.3, -0.25) is 4.79 Å². The summed E-state index contributed by atoms with van der Waals surface area (Å²) < 4.78 is 2.19. The van der Waals surface area contributed by atoms with E-state index in [4.69, 9.17) is 0 Å². The molecule has 0 aliphatic carbocycles. The van der Waals surface area contributed by atoms with Crippen LogP contribution in [0.3, 0.4) is 0 Å². The molecule has 0 saturated carbocycles. The van der Waals surface area contributed by atoms with E-state index in [0.717, 1.165) is 37.7 Å². The Balaban J connectivity index is 1.64. The van der Waals surface area contributed by atoms with E-state index in [2.05, 4.69) is 28.3 Å². The van der Waals surface area contributed by atoms with Crippen LogP contribution in [0.15, 0.2) is 12.4 Å². The molecule has 4 nitrogen and oxygen atoms in total. The Kier molecular flexibility index (Phi) is 4.84. The van der Waals surface area contributed by atoms with Crippen LogP contribution in [-0.4, -0.2) is 32.9 Å². The molecule has 4 heteroatoms. The molecule has 2 aliphatic heterocycles. The Morgan fingerprint density at radius 3 is 3.00 bits per heavy atom. The molecule has 0 aromatic carbocycles. The lowest BCUT2D eigenvalue weighted by Crippen LogP contribution is -2.47. The molecule has 22 heavy (non-hydrogen) atoms. The standard InChI is InChI=1S/C18H29N3O/c1-14(2)6-7-16-5-3-4-10-21(16)18(22)15-8-11-20-12-9-19-17(20)13-15/h9,12,14-16H,3-8,10-11,13H2,1-2H3/t15-,16-/m0/s1. The number of hydrogen-bond acceptors (Lipinski definition) is 2. The lowest BCUT2D eigenvalue weighted by Gasteiger charge is -2.39. The van der Waals surface area contributed by atoms with Gasteiger partial charge in [-0.15, -0.1) is 0 Å². The molecule has 0 N–H and O–H groups in total. The van der Waals surface area contributed by atoms with Crippen molar-refractivity contribution in [2.24, 2.45) is 11.8 Å². The summed E-state index contributed by atoms with van der Waals surface area (Å²) in [6, 6.07) is 0.477. The second-order valence-electron chi connectivity index (χ2n) is 7.38. The highest BCUT2D eigenvalue weighted by atomic mass is 16.2. The lowest BCUT2D eigenvalue weighted by molar-refractivity contribution is -0.140. The molecule has 0 bridgehead atoms. The molecule has 1 saturated heterocycles. The predicted molar refractivity (Wildman–Crippen MR) is 87.5 cm³/mol. The molecular weight excluding hydrogens is 274 g/mol. The summed E-state index contributed by atoms with van der Waals surface area (Å²) in [5.74, 6) is 2.35. The van der Waals surface area contributed by atoms with Crippen molar-refractivity contribution >= 4 is 5.91 Å². The van der Waals surface area contributed by atoms with Gasteiger partial charge in [0, 0.05) is 43.9 Å². The van der Waals surface area contributed by atoms with Gasteiger partial charge in [-0.05, 0) is 44.4 Å². The Bertz CT molecular complexity index is 508. The topological polar surface area (TPSA) is 38.1 Å². The van der Waals surface area contributed by atoms with E-state index in [9.17, 15) is 4.79 Å². The van der Waals surface area contributed by atoms with Crippen molar-refractivity contribution in [1.29, 1.82) is 0 Å². The minimum Gasteiger partial charge on any atom is -0.339 e. The predicted octanol–water partition coefficient (Wildman–Crippen LogP) is 3.26. The summed E-state index contributed by atoms with van der Waals surface area (Å²) >= 11 is 0. The first-order valence-electron chi connectivity index (χ1n) is 8.95. The largest absolute Gasteiger partial charge is 0.339 e. The maximum absolute atomic E-state index is 13.0. The van der Waals surface area contributed by atoms with Crippen molar-refractivity contribution in [2.75, 3.05) is 6.54 Å². The van der Waals surface area contributed by atoms with Gasteiger partial charge in [0.1, 0.15) is 5.82 Å². The minimum absolute atomic E-state index is 0.148. The number of fused-ring (bicyclic) bond motifs is 1. The van der Waals surface area contributed by atoms with Crippen molar-refractivity contribution < 1.29 is 4.79 Å². The van der Waals surface area contributed by atoms with Crippen LogP contribution in [0.5, 0.6) is 0 Å². The second-order valence-corrected chi connectivity index (χ2v) is 7.38. The van der Waals surface area contributed by atoms with Gasteiger partial charge >= 0.3 is 0 Å². The van der Waals surface area contributed by atoms with Gasteiger partial charge in [0.2, 0.25) is 5.91 Å². The summed E-state index contributed by atoms with van der Waals surface area (Å²) in [5.41, 5.74) is 0. The molecule has 3 rings (SSSR count). The van der Waals surface area contributed by atoms with E-state index in [1.165, 1.54) is 32.1 Å². The number of carbonyl (C=O) groups is 1. The van der Waals surface area contributed by atoms with Crippen LogP contribution in [0.2, 0.25) is 0 Å². The van der Waals surface area contributed by atoms with E-state index in [-0.39, 0.29) is 5.92 Å². The fraction of sp³-hybridized carbons (Fsp3) is 0.778. The van der Waals surface area contributed by atoms with Crippen molar-refractivity contribution in [1.82, 2.24) is 14.5 Å². The van der Waals surface area contributed by atoms with Crippen molar-refractivity contribution in [2.45, 2.75) is 71.4 Å². The van der Waals surface area contributed by atoms with Gasteiger partial charge in [-0.2, -0.15) is 0 Å². The quantitative estimate of drug-likeness (QED) is 0.856. The van der Waals surface area contributed by atoms with Crippen LogP contribution < -0.4 is 0 Å². The summed E-state index contributed by atoms with van der Waals surface area (Å²) in [7, 11) is 0. The van der Waals surface area contributed by atoms with E-state index in [1.807, 2.05) is 12.4 Å². The molecule has 2 atom stereocenters. The van der Waals surface area contributed by atoms with Gasteiger partial charge in [0.25, 0.3) is 0 Å². The Labute approximate surface area is 133 Å². The lowest BCUT2D eigenvalue weighted by atomic mass is 9.90. The number of hydrogen-bond donors (Lipinski definition) is 0. The molecule has 1 fully saturated rings. The molecule has 1 aromatic heterocycles. The van der Waals surface area contributed by atoms with Gasteiger partial charge in [0.15, 0.2) is 0 Å². The Morgan fingerprint density at radius 2 is 2.18 bits per heavy atom. The molecule has 0 unspecified atom stereocenters. The van der Waals surface area contributed by atoms with Gasteiger partial charge < -0.3 is 9.47 Å². The molecule has 0 spiro atoms. The molecular formula is C18H29N3O. The van der Waals surface area contributed by atoms with Gasteiger partial charge in [0.05, 0.1) is 0 Å². The summed E-state index contributed by atoms with van der Waals surface area (Å²) in [6.07, 6.45) is 11.7. The fourth-order valence-corrected chi connectivity index (χ4v) is 3.91. The van der Waals surface area contributed by atoms with Crippen LogP contribution in [-0.2, 0) is 17.8 Å². The number of amides is 1. The zero-order valence-electron chi connectivity index (χ0n) is 14.0. The number of nitrogens with zero attached hydrogens (tertiary/aromatic N) is 3. The third kappa shape index (κ3) is 3.36. The first kappa shape index (κ1) is 15.6. The number of aryl methyl sites for hydroxylation is 1. The van der Waals surface area contributed by atoms with Crippen LogP contribution in [0, 0.1) is 11.8 Å². The maximum Gasteiger partial charge on any atom is 0.226 e. The third-order valence-electron chi connectivity index (χ3n) is 5.29. The SMILES string of the molecule is CC(C)CC[C@@H]1CCCCN1C(=O)[C@H]1CCn2ccnc2C1. The molecule has 122 valence electrons. The highest BCUT2D eigenvalue weighted by molar-refractivity contribution is 5.79. The van der Waals surface area contributed by atoms with Crippen molar-refractivity contribution in [3.63, 3.8) is 0 Å². The zero-order chi connectivity index (χ0) is 15.5. The number of likely N-dealkylation sites (tertiary alicyclic amines) is 1. The number of aromatic nitrogens is 2. The first-order chi connectivity index (χ1) is 10.6. The van der Waals surface area contributed by atoms with Crippen LogP contribution in [0.4, 0.5) is 0 Å². The Morgan fingerprint density at radius 1 is 1.32 bits per heavy atom. The molecule has 3 heterocycles. The molecule has 2 aliphatic rings. The van der Waals surface area contributed by atoms with E-state index < -0.39 is 0 Å². The zero-order valence-corrected chi connectivity index (χ0v) is 14.0. The molecule has 1 amide bonds. The summed E-state index contributed by atoms with van der Waals surface area (Å²) in [4.78, 5) is 19.7. The smallest absolute Gasteiger partial charge is 0.226 e. The first-order valence-corrected chi connectivity index (χ1v) is 8.95. The summed E-state index contributed by atoms with van der Waals surface area (Å²) in [5, 5.41) is 0. The fourth-order valence-electron chi connectivity index (χ4n) is 3.91. The van der Waals surface area contributed by atoms with E-state index in [0.29, 0.717) is 11.9 Å². The third-order valence-corrected chi connectivity index (χ3v) is 5.29. The molecule has 1 aromatic rings.